The Balaban J connectivity index is 2.01. The normalized spacial score (nSPS) is 19.8. The molecule has 1 rings (SSSR count). The van der Waals surface area contributed by atoms with Gasteiger partial charge in [-0.25, -0.2) is 0 Å². The topological polar surface area (TPSA) is 67.4 Å². The zero-order valence-corrected chi connectivity index (χ0v) is 13.5. The largest absolute Gasteiger partial charge is 0.469 e. The smallest absolute Gasteiger partial charge is 0.305 e. The Kier molecular flexibility index (Phi) is 9.06. The first-order chi connectivity index (χ1) is 10.1. The molecule has 0 aromatic carbocycles. The summed E-state index contributed by atoms with van der Waals surface area (Å²) in [5.74, 6) is 1.07. The number of carbonyl (C=O) groups excluding carboxylic acids is 2. The molecular formula is C16H30N2O3. The fraction of sp³-hybridized carbons (Fsp3) is 0.875. The molecule has 1 fully saturated rings. The van der Waals surface area contributed by atoms with Gasteiger partial charge in [0.1, 0.15) is 0 Å². The number of amides is 1. The lowest BCUT2D eigenvalue weighted by atomic mass is 9.85. The van der Waals surface area contributed by atoms with E-state index in [1.807, 2.05) is 0 Å². The molecule has 122 valence electrons. The lowest BCUT2D eigenvalue weighted by Gasteiger charge is -2.28. The van der Waals surface area contributed by atoms with Crippen LogP contribution < -0.4 is 10.6 Å². The molecule has 0 aromatic heterocycles. The van der Waals surface area contributed by atoms with Crippen molar-refractivity contribution in [2.75, 3.05) is 26.7 Å². The third-order valence-corrected chi connectivity index (χ3v) is 4.25. The molecule has 5 heteroatoms. The lowest BCUT2D eigenvalue weighted by Crippen LogP contribution is -2.35. The van der Waals surface area contributed by atoms with Crippen LogP contribution in [-0.2, 0) is 14.3 Å². The van der Waals surface area contributed by atoms with Gasteiger partial charge in [-0.05, 0) is 50.6 Å². The van der Waals surface area contributed by atoms with Gasteiger partial charge in [-0.1, -0.05) is 13.3 Å². The molecule has 5 nitrogen and oxygen atoms in total. The first kappa shape index (κ1) is 18.0. The standard InChI is InChI=1S/C16H30N2O3/c1-13(14-7-6-9-17-12-14)11-15(19)18-10-5-3-4-8-16(20)21-2/h13-14,17H,3-12H2,1-2H3,(H,18,19). The average molecular weight is 298 g/mol. The number of esters is 1. The predicted molar refractivity (Wildman–Crippen MR) is 82.9 cm³/mol. The Hall–Kier alpha value is -1.10. The molecule has 21 heavy (non-hydrogen) atoms. The van der Waals surface area contributed by atoms with E-state index in [-0.39, 0.29) is 11.9 Å². The molecule has 1 aliphatic rings. The third-order valence-electron chi connectivity index (χ3n) is 4.25. The predicted octanol–water partition coefficient (Wildman–Crippen LogP) is 1.86. The van der Waals surface area contributed by atoms with Gasteiger partial charge in [0.15, 0.2) is 0 Å². The van der Waals surface area contributed by atoms with Crippen molar-refractivity contribution < 1.29 is 14.3 Å². The molecule has 0 radical (unpaired) electrons. The van der Waals surface area contributed by atoms with E-state index >= 15 is 0 Å². The molecule has 1 saturated heterocycles. The van der Waals surface area contributed by atoms with Crippen LogP contribution in [0, 0.1) is 11.8 Å². The maximum absolute atomic E-state index is 11.9. The van der Waals surface area contributed by atoms with Gasteiger partial charge in [0.25, 0.3) is 0 Å². The fourth-order valence-electron chi connectivity index (χ4n) is 2.80. The number of methoxy groups -OCH3 is 1. The highest BCUT2D eigenvalue weighted by molar-refractivity contribution is 5.76. The second kappa shape index (κ2) is 10.6. The van der Waals surface area contributed by atoms with Crippen molar-refractivity contribution in [3.05, 3.63) is 0 Å². The molecule has 1 heterocycles. The number of hydrogen-bond acceptors (Lipinski definition) is 4. The second-order valence-electron chi connectivity index (χ2n) is 6.02. The quantitative estimate of drug-likeness (QED) is 0.504. The zero-order valence-electron chi connectivity index (χ0n) is 13.5. The van der Waals surface area contributed by atoms with E-state index in [1.54, 1.807) is 0 Å². The van der Waals surface area contributed by atoms with Crippen LogP contribution in [0.4, 0.5) is 0 Å². The monoisotopic (exact) mass is 298 g/mol. The van der Waals surface area contributed by atoms with Crippen LogP contribution >= 0.6 is 0 Å². The Morgan fingerprint density at radius 3 is 2.81 bits per heavy atom. The molecule has 0 bridgehead atoms. The lowest BCUT2D eigenvalue weighted by molar-refractivity contribution is -0.140. The van der Waals surface area contributed by atoms with Crippen molar-refractivity contribution >= 4 is 11.9 Å². The Morgan fingerprint density at radius 2 is 2.14 bits per heavy atom. The van der Waals surface area contributed by atoms with E-state index in [9.17, 15) is 9.59 Å². The molecule has 2 unspecified atom stereocenters. The molecule has 2 atom stereocenters. The Morgan fingerprint density at radius 1 is 1.33 bits per heavy atom. The van der Waals surface area contributed by atoms with Crippen LogP contribution in [0.3, 0.4) is 0 Å². The average Bonchev–Trinajstić information content (AvgIpc) is 2.51. The minimum absolute atomic E-state index is 0.154. The van der Waals surface area contributed by atoms with Crippen molar-refractivity contribution in [1.29, 1.82) is 0 Å². The number of unbranched alkanes of at least 4 members (excludes halogenated alkanes) is 2. The summed E-state index contributed by atoms with van der Waals surface area (Å²) in [5, 5.41) is 6.38. The highest BCUT2D eigenvalue weighted by Crippen LogP contribution is 2.22. The van der Waals surface area contributed by atoms with E-state index in [0.717, 1.165) is 32.4 Å². The number of carbonyl (C=O) groups is 2. The minimum atomic E-state index is -0.158. The van der Waals surface area contributed by atoms with E-state index < -0.39 is 0 Å². The number of rotatable bonds is 9. The Labute approximate surface area is 128 Å². The fourth-order valence-corrected chi connectivity index (χ4v) is 2.80. The third kappa shape index (κ3) is 8.05. The van der Waals surface area contributed by atoms with Gasteiger partial charge in [0.05, 0.1) is 7.11 Å². The summed E-state index contributed by atoms with van der Waals surface area (Å²) in [6.07, 6.45) is 6.22. The summed E-state index contributed by atoms with van der Waals surface area (Å²) in [5.41, 5.74) is 0. The number of nitrogens with one attached hydrogen (secondary N) is 2. The minimum Gasteiger partial charge on any atom is -0.469 e. The van der Waals surface area contributed by atoms with Crippen molar-refractivity contribution in [3.63, 3.8) is 0 Å². The van der Waals surface area contributed by atoms with Crippen molar-refractivity contribution in [1.82, 2.24) is 10.6 Å². The summed E-state index contributed by atoms with van der Waals surface area (Å²) in [4.78, 5) is 22.8. The molecule has 0 spiro atoms. The summed E-state index contributed by atoms with van der Waals surface area (Å²) < 4.78 is 4.58. The molecule has 1 aliphatic heterocycles. The molecule has 1 amide bonds. The first-order valence-corrected chi connectivity index (χ1v) is 8.17. The SMILES string of the molecule is COC(=O)CCCCCNC(=O)CC(C)C1CCCNC1. The van der Waals surface area contributed by atoms with Crippen molar-refractivity contribution in [3.8, 4) is 0 Å². The maximum Gasteiger partial charge on any atom is 0.305 e. The van der Waals surface area contributed by atoms with Gasteiger partial charge in [-0.3, -0.25) is 9.59 Å². The van der Waals surface area contributed by atoms with Crippen LogP contribution in [0.25, 0.3) is 0 Å². The van der Waals surface area contributed by atoms with Crippen LogP contribution in [0.5, 0.6) is 0 Å². The van der Waals surface area contributed by atoms with E-state index in [2.05, 4.69) is 22.3 Å². The summed E-state index contributed by atoms with van der Waals surface area (Å²) in [6.45, 7) is 5.03. The molecule has 2 N–H and O–H groups in total. The van der Waals surface area contributed by atoms with Gasteiger partial charge in [0, 0.05) is 19.4 Å². The number of hydrogen-bond donors (Lipinski definition) is 2. The van der Waals surface area contributed by atoms with Crippen LogP contribution in [0.1, 0.15) is 51.9 Å². The molecule has 0 saturated carbocycles. The van der Waals surface area contributed by atoms with E-state index in [4.69, 9.17) is 0 Å². The molecule has 0 aromatic rings. The summed E-state index contributed by atoms with van der Waals surface area (Å²) >= 11 is 0. The van der Waals surface area contributed by atoms with Crippen LogP contribution in [-0.4, -0.2) is 38.6 Å². The summed E-state index contributed by atoms with van der Waals surface area (Å²) in [7, 11) is 1.41. The van der Waals surface area contributed by atoms with Crippen molar-refractivity contribution in [2.45, 2.75) is 51.9 Å². The zero-order chi connectivity index (χ0) is 15.5. The van der Waals surface area contributed by atoms with Gasteiger partial charge in [0.2, 0.25) is 5.91 Å². The molecule has 0 aliphatic carbocycles. The highest BCUT2D eigenvalue weighted by atomic mass is 16.5. The number of piperidine rings is 1. The van der Waals surface area contributed by atoms with E-state index in [1.165, 1.54) is 20.0 Å². The van der Waals surface area contributed by atoms with Gasteiger partial charge in [-0.15, -0.1) is 0 Å². The molecular weight excluding hydrogens is 268 g/mol. The van der Waals surface area contributed by atoms with Crippen LogP contribution in [0.2, 0.25) is 0 Å². The van der Waals surface area contributed by atoms with Crippen LogP contribution in [0.15, 0.2) is 0 Å². The maximum atomic E-state index is 11.9. The Bertz CT molecular complexity index is 315. The second-order valence-corrected chi connectivity index (χ2v) is 6.02. The van der Waals surface area contributed by atoms with Gasteiger partial charge < -0.3 is 15.4 Å². The van der Waals surface area contributed by atoms with Gasteiger partial charge >= 0.3 is 5.97 Å². The first-order valence-electron chi connectivity index (χ1n) is 8.17. The van der Waals surface area contributed by atoms with Gasteiger partial charge in [-0.2, -0.15) is 0 Å². The summed E-state index contributed by atoms with van der Waals surface area (Å²) in [6, 6.07) is 0. The number of ether oxygens (including phenoxy) is 1. The van der Waals surface area contributed by atoms with Crippen molar-refractivity contribution in [2.24, 2.45) is 11.8 Å². The highest BCUT2D eigenvalue weighted by Gasteiger charge is 2.21. The van der Waals surface area contributed by atoms with E-state index in [0.29, 0.717) is 31.2 Å².